The number of amides is 2. The zero-order valence-electron chi connectivity index (χ0n) is 9.69. The van der Waals surface area contributed by atoms with Gasteiger partial charge in [0, 0.05) is 6.54 Å². The van der Waals surface area contributed by atoms with Crippen molar-refractivity contribution >= 4 is 17.6 Å². The highest BCUT2D eigenvalue weighted by Crippen LogP contribution is 2.03. The predicted molar refractivity (Wildman–Crippen MR) is 58.9 cm³/mol. The molecule has 0 fully saturated rings. The van der Waals surface area contributed by atoms with Crippen LogP contribution in [0.5, 0.6) is 0 Å². The van der Waals surface area contributed by atoms with Gasteiger partial charge in [-0.25, -0.2) is 4.63 Å². The highest BCUT2D eigenvalue weighted by atomic mass is 16.6. The van der Waals surface area contributed by atoms with Crippen LogP contribution in [0.1, 0.15) is 30.8 Å². The topological polar surface area (TPSA) is 123 Å². The summed E-state index contributed by atoms with van der Waals surface area (Å²) in [4.78, 5) is 23.1. The van der Waals surface area contributed by atoms with E-state index in [-0.39, 0.29) is 17.4 Å². The van der Waals surface area contributed by atoms with E-state index in [4.69, 9.17) is 5.73 Å². The molecule has 1 aromatic rings. The largest absolute Gasteiger partial charge is 0.379 e. The fourth-order valence-electron chi connectivity index (χ4n) is 1.08. The summed E-state index contributed by atoms with van der Waals surface area (Å²) in [6.45, 7) is 4.06. The minimum absolute atomic E-state index is 0.108. The Balaban J connectivity index is 2.51. The molecule has 2 amide bonds. The zero-order chi connectivity index (χ0) is 12.8. The van der Waals surface area contributed by atoms with Crippen LogP contribution >= 0.6 is 0 Å². The van der Waals surface area contributed by atoms with Gasteiger partial charge in [0.2, 0.25) is 17.4 Å². The third-order valence-corrected chi connectivity index (χ3v) is 2.02. The molecule has 17 heavy (non-hydrogen) atoms. The van der Waals surface area contributed by atoms with E-state index in [0.717, 1.165) is 6.42 Å². The van der Waals surface area contributed by atoms with Crippen molar-refractivity contribution in [2.24, 2.45) is 0 Å². The lowest BCUT2D eigenvalue weighted by molar-refractivity contribution is -0.122. The lowest BCUT2D eigenvalue weighted by Crippen LogP contribution is -2.45. The smallest absolute Gasteiger partial charge is 0.278 e. The van der Waals surface area contributed by atoms with Gasteiger partial charge < -0.3 is 16.4 Å². The van der Waals surface area contributed by atoms with Crippen molar-refractivity contribution in [1.29, 1.82) is 0 Å². The van der Waals surface area contributed by atoms with Gasteiger partial charge in [-0.15, -0.1) is 0 Å². The van der Waals surface area contributed by atoms with Crippen LogP contribution in [0.15, 0.2) is 4.63 Å². The van der Waals surface area contributed by atoms with Gasteiger partial charge >= 0.3 is 0 Å². The number of hydrogen-bond donors (Lipinski definition) is 3. The number of hydrogen-bond acceptors (Lipinski definition) is 6. The monoisotopic (exact) mass is 241 g/mol. The predicted octanol–water partition coefficient (Wildman–Crippen LogP) is -0.704. The maximum atomic E-state index is 11.6. The summed E-state index contributed by atoms with van der Waals surface area (Å²) in [5, 5.41) is 11.7. The molecule has 0 aliphatic rings. The van der Waals surface area contributed by atoms with Gasteiger partial charge in [0.25, 0.3) is 5.91 Å². The summed E-state index contributed by atoms with van der Waals surface area (Å²) in [5.74, 6) is -0.971. The van der Waals surface area contributed by atoms with Gasteiger partial charge in [-0.05, 0) is 23.7 Å². The summed E-state index contributed by atoms with van der Waals surface area (Å²) >= 11 is 0. The Morgan fingerprint density at radius 2 is 2.18 bits per heavy atom. The molecule has 1 rings (SSSR count). The number of nitrogens with two attached hydrogens (primary N) is 1. The number of anilines is 1. The van der Waals surface area contributed by atoms with Gasteiger partial charge in [-0.1, -0.05) is 6.92 Å². The van der Waals surface area contributed by atoms with Crippen molar-refractivity contribution in [3.8, 4) is 0 Å². The van der Waals surface area contributed by atoms with Crippen LogP contribution < -0.4 is 16.4 Å². The molecule has 94 valence electrons. The minimum Gasteiger partial charge on any atom is -0.379 e. The third-order valence-electron chi connectivity index (χ3n) is 2.02. The van der Waals surface area contributed by atoms with Crippen LogP contribution in [-0.4, -0.2) is 34.7 Å². The minimum atomic E-state index is -0.676. The Bertz CT molecular complexity index is 403. The molecule has 8 heteroatoms. The highest BCUT2D eigenvalue weighted by Gasteiger charge is 2.20. The quantitative estimate of drug-likeness (QED) is 0.626. The summed E-state index contributed by atoms with van der Waals surface area (Å²) in [5.41, 5.74) is 5.22. The van der Waals surface area contributed by atoms with Crippen molar-refractivity contribution in [3.05, 3.63) is 5.69 Å². The molecular weight excluding hydrogens is 226 g/mol. The first-order valence-corrected chi connectivity index (χ1v) is 5.22. The van der Waals surface area contributed by atoms with Gasteiger partial charge in [0.15, 0.2) is 0 Å². The summed E-state index contributed by atoms with van der Waals surface area (Å²) in [6.07, 6.45) is 0.826. The summed E-state index contributed by atoms with van der Waals surface area (Å²) < 4.78 is 4.29. The molecule has 0 aromatic carbocycles. The van der Waals surface area contributed by atoms with E-state index >= 15 is 0 Å². The number of rotatable bonds is 5. The molecule has 0 saturated heterocycles. The van der Waals surface area contributed by atoms with E-state index in [1.165, 1.54) is 0 Å². The molecule has 4 N–H and O–H groups in total. The Hall–Kier alpha value is -2.12. The van der Waals surface area contributed by atoms with Gasteiger partial charge in [-0.3, -0.25) is 9.59 Å². The fourth-order valence-corrected chi connectivity index (χ4v) is 1.08. The number of carbonyl (C=O) groups excluding carboxylic acids is 2. The fraction of sp³-hybridized carbons (Fsp3) is 0.556. The van der Waals surface area contributed by atoms with Crippen LogP contribution in [0.25, 0.3) is 0 Å². The number of aromatic nitrogens is 2. The molecule has 0 saturated carbocycles. The first kappa shape index (κ1) is 12.9. The maximum Gasteiger partial charge on any atom is 0.278 e. The zero-order valence-corrected chi connectivity index (χ0v) is 9.69. The molecule has 1 aromatic heterocycles. The molecule has 1 unspecified atom stereocenters. The number of nitrogen functional groups attached to an aromatic ring is 1. The highest BCUT2D eigenvalue weighted by molar-refractivity contribution is 5.98. The number of nitrogens with one attached hydrogen (secondary N) is 2. The Morgan fingerprint density at radius 1 is 1.47 bits per heavy atom. The van der Waals surface area contributed by atoms with Gasteiger partial charge in [0.1, 0.15) is 6.04 Å². The molecule has 8 nitrogen and oxygen atoms in total. The second kappa shape index (κ2) is 5.83. The Morgan fingerprint density at radius 3 is 2.71 bits per heavy atom. The Labute approximate surface area is 97.9 Å². The second-order valence-corrected chi connectivity index (χ2v) is 3.48. The van der Waals surface area contributed by atoms with E-state index in [0.29, 0.717) is 6.54 Å². The lowest BCUT2D eigenvalue weighted by Gasteiger charge is -2.12. The molecule has 0 bridgehead atoms. The van der Waals surface area contributed by atoms with Crippen molar-refractivity contribution in [1.82, 2.24) is 20.9 Å². The van der Waals surface area contributed by atoms with Crippen LogP contribution in [0.4, 0.5) is 5.82 Å². The number of carbonyl (C=O) groups is 2. The second-order valence-electron chi connectivity index (χ2n) is 3.48. The molecule has 0 aliphatic carbocycles. The van der Waals surface area contributed by atoms with E-state index in [9.17, 15) is 9.59 Å². The average Bonchev–Trinajstić information content (AvgIpc) is 2.72. The molecule has 0 spiro atoms. The van der Waals surface area contributed by atoms with Gasteiger partial charge in [-0.2, -0.15) is 0 Å². The molecule has 0 radical (unpaired) electrons. The first-order valence-electron chi connectivity index (χ1n) is 5.22. The summed E-state index contributed by atoms with van der Waals surface area (Å²) in [7, 11) is 0. The number of nitrogens with zero attached hydrogens (tertiary/aromatic N) is 2. The first-order chi connectivity index (χ1) is 8.06. The van der Waals surface area contributed by atoms with Crippen LogP contribution in [-0.2, 0) is 4.79 Å². The van der Waals surface area contributed by atoms with Crippen LogP contribution in [0.3, 0.4) is 0 Å². The van der Waals surface area contributed by atoms with Crippen molar-refractivity contribution < 1.29 is 14.2 Å². The average molecular weight is 241 g/mol. The molecule has 1 heterocycles. The summed E-state index contributed by atoms with van der Waals surface area (Å²) in [6, 6.07) is -0.676. The van der Waals surface area contributed by atoms with Crippen molar-refractivity contribution in [2.75, 3.05) is 12.3 Å². The van der Waals surface area contributed by atoms with E-state index < -0.39 is 11.9 Å². The molecule has 0 aliphatic heterocycles. The lowest BCUT2D eigenvalue weighted by atomic mass is 10.3. The SMILES string of the molecule is CCCNC(=O)C(C)NC(=O)c1nonc1N. The Kier molecular flexibility index (Phi) is 4.44. The third kappa shape index (κ3) is 3.44. The normalized spacial score (nSPS) is 11.9. The van der Waals surface area contributed by atoms with Crippen molar-refractivity contribution in [3.63, 3.8) is 0 Å². The van der Waals surface area contributed by atoms with E-state index in [2.05, 4.69) is 25.6 Å². The standard InChI is InChI=1S/C9H15N5O3/c1-3-4-11-8(15)5(2)12-9(16)6-7(10)14-17-13-6/h5H,3-4H2,1-2H3,(H2,10,14)(H,11,15)(H,12,16). The van der Waals surface area contributed by atoms with Crippen molar-refractivity contribution in [2.45, 2.75) is 26.3 Å². The van der Waals surface area contributed by atoms with E-state index in [1.807, 2.05) is 6.92 Å². The molecular formula is C9H15N5O3. The molecule has 1 atom stereocenters. The van der Waals surface area contributed by atoms with Crippen LogP contribution in [0, 0.1) is 0 Å². The maximum absolute atomic E-state index is 11.6. The van der Waals surface area contributed by atoms with Gasteiger partial charge in [0.05, 0.1) is 0 Å². The van der Waals surface area contributed by atoms with E-state index in [1.54, 1.807) is 6.92 Å². The van der Waals surface area contributed by atoms with Crippen LogP contribution in [0.2, 0.25) is 0 Å².